The van der Waals surface area contributed by atoms with E-state index in [9.17, 15) is 18.0 Å². The summed E-state index contributed by atoms with van der Waals surface area (Å²) < 4.78 is 48.1. The average Bonchev–Trinajstić information content (AvgIpc) is 3.01. The molecule has 0 spiro atoms. The number of carbonyl (C=O) groups is 1. The summed E-state index contributed by atoms with van der Waals surface area (Å²) in [5.41, 5.74) is -0.592. The molecule has 1 heterocycles. The van der Waals surface area contributed by atoms with Gasteiger partial charge in [0.25, 0.3) is 0 Å². The zero-order valence-electron chi connectivity index (χ0n) is 13.8. The third kappa shape index (κ3) is 5.56. The molecule has 6 nitrogen and oxygen atoms in total. The van der Waals surface area contributed by atoms with E-state index >= 15 is 0 Å². The van der Waals surface area contributed by atoms with Crippen molar-refractivity contribution in [1.82, 2.24) is 15.5 Å². The van der Waals surface area contributed by atoms with E-state index in [0.717, 1.165) is 12.1 Å². The van der Waals surface area contributed by atoms with Crippen LogP contribution in [0.2, 0.25) is 0 Å². The van der Waals surface area contributed by atoms with Crippen molar-refractivity contribution in [3.8, 4) is 11.4 Å². The molecule has 1 atom stereocenters. The van der Waals surface area contributed by atoms with Crippen molar-refractivity contribution in [2.45, 2.75) is 32.0 Å². The SMILES string of the molecule is COC[C@H](C)NC(=O)CCc1nc(-c2cccc(C(F)(F)F)c2)no1. The molecule has 1 aromatic heterocycles. The van der Waals surface area contributed by atoms with E-state index in [4.69, 9.17) is 9.26 Å². The van der Waals surface area contributed by atoms with Gasteiger partial charge in [-0.2, -0.15) is 18.2 Å². The van der Waals surface area contributed by atoms with Crippen molar-refractivity contribution in [3.05, 3.63) is 35.7 Å². The molecule has 9 heteroatoms. The predicted octanol–water partition coefficient (Wildman–Crippen LogP) is 2.84. The van der Waals surface area contributed by atoms with E-state index in [1.54, 1.807) is 6.92 Å². The van der Waals surface area contributed by atoms with Gasteiger partial charge < -0.3 is 14.6 Å². The summed E-state index contributed by atoms with van der Waals surface area (Å²) in [6, 6.07) is 4.53. The van der Waals surface area contributed by atoms with Crippen LogP contribution in [-0.2, 0) is 22.1 Å². The molecule has 2 aromatic rings. The Hall–Kier alpha value is -2.42. The molecule has 0 aliphatic heterocycles. The van der Waals surface area contributed by atoms with Gasteiger partial charge >= 0.3 is 6.18 Å². The van der Waals surface area contributed by atoms with Crippen LogP contribution in [0.25, 0.3) is 11.4 Å². The molecule has 0 bridgehead atoms. The normalized spacial score (nSPS) is 12.8. The maximum absolute atomic E-state index is 12.7. The minimum Gasteiger partial charge on any atom is -0.383 e. The largest absolute Gasteiger partial charge is 0.416 e. The van der Waals surface area contributed by atoms with E-state index in [1.807, 2.05) is 0 Å². The lowest BCUT2D eigenvalue weighted by atomic mass is 10.1. The lowest BCUT2D eigenvalue weighted by molar-refractivity contribution is -0.137. The fraction of sp³-hybridized carbons (Fsp3) is 0.438. The first-order chi connectivity index (χ1) is 11.8. The molecule has 0 aliphatic rings. The first kappa shape index (κ1) is 18.9. The molecular weight excluding hydrogens is 339 g/mol. The minimum absolute atomic E-state index is 0.0502. The van der Waals surface area contributed by atoms with E-state index < -0.39 is 11.7 Å². The van der Waals surface area contributed by atoms with Crippen LogP contribution < -0.4 is 5.32 Å². The minimum atomic E-state index is -4.44. The zero-order chi connectivity index (χ0) is 18.4. The van der Waals surface area contributed by atoms with Crippen LogP contribution in [0.15, 0.2) is 28.8 Å². The van der Waals surface area contributed by atoms with Gasteiger partial charge in [0, 0.05) is 31.6 Å². The third-order valence-electron chi connectivity index (χ3n) is 3.31. The highest BCUT2D eigenvalue weighted by atomic mass is 19.4. The molecule has 1 amide bonds. The van der Waals surface area contributed by atoms with Crippen molar-refractivity contribution >= 4 is 5.91 Å². The number of rotatable bonds is 7. The first-order valence-electron chi connectivity index (χ1n) is 7.58. The van der Waals surface area contributed by atoms with Crippen LogP contribution in [0.4, 0.5) is 13.2 Å². The molecule has 136 valence electrons. The molecule has 0 aliphatic carbocycles. The van der Waals surface area contributed by atoms with Gasteiger partial charge in [-0.25, -0.2) is 0 Å². The van der Waals surface area contributed by atoms with E-state index in [0.29, 0.717) is 6.61 Å². The average molecular weight is 357 g/mol. The third-order valence-corrected chi connectivity index (χ3v) is 3.31. The van der Waals surface area contributed by atoms with Gasteiger partial charge in [-0.15, -0.1) is 0 Å². The number of halogens is 3. The highest BCUT2D eigenvalue weighted by Crippen LogP contribution is 2.31. The van der Waals surface area contributed by atoms with Crippen LogP contribution in [0.3, 0.4) is 0 Å². The van der Waals surface area contributed by atoms with Crippen LogP contribution in [0.5, 0.6) is 0 Å². The number of aromatic nitrogens is 2. The summed E-state index contributed by atoms with van der Waals surface area (Å²) >= 11 is 0. The van der Waals surface area contributed by atoms with Crippen molar-refractivity contribution in [3.63, 3.8) is 0 Å². The second-order valence-electron chi connectivity index (χ2n) is 5.51. The van der Waals surface area contributed by atoms with E-state index in [-0.39, 0.29) is 42.1 Å². The second-order valence-corrected chi connectivity index (χ2v) is 5.51. The highest BCUT2D eigenvalue weighted by Gasteiger charge is 2.30. The molecule has 25 heavy (non-hydrogen) atoms. The predicted molar refractivity (Wildman–Crippen MR) is 82.5 cm³/mol. The highest BCUT2D eigenvalue weighted by molar-refractivity contribution is 5.76. The molecule has 0 saturated heterocycles. The Balaban J connectivity index is 1.97. The Labute approximate surface area is 142 Å². The first-order valence-corrected chi connectivity index (χ1v) is 7.58. The van der Waals surface area contributed by atoms with Gasteiger partial charge in [-0.05, 0) is 19.1 Å². The number of amides is 1. The lowest BCUT2D eigenvalue weighted by Gasteiger charge is -2.11. The van der Waals surface area contributed by atoms with Gasteiger partial charge in [0.15, 0.2) is 0 Å². The summed E-state index contributed by atoms with van der Waals surface area (Å²) in [5, 5.41) is 6.41. The van der Waals surface area contributed by atoms with Crippen molar-refractivity contribution in [2.75, 3.05) is 13.7 Å². The van der Waals surface area contributed by atoms with Crippen LogP contribution >= 0.6 is 0 Å². The second kappa shape index (κ2) is 8.11. The van der Waals surface area contributed by atoms with Crippen LogP contribution in [-0.4, -0.2) is 35.8 Å². The van der Waals surface area contributed by atoms with Gasteiger partial charge in [0.2, 0.25) is 17.6 Å². The topological polar surface area (TPSA) is 77.2 Å². The number of nitrogens with one attached hydrogen (secondary N) is 1. The molecule has 0 unspecified atom stereocenters. The number of aryl methyl sites for hydroxylation is 1. The maximum Gasteiger partial charge on any atom is 0.416 e. The molecular formula is C16H18F3N3O3. The number of alkyl halides is 3. The summed E-state index contributed by atoms with van der Waals surface area (Å²) in [4.78, 5) is 15.8. The number of nitrogens with zero attached hydrogens (tertiary/aromatic N) is 2. The summed E-state index contributed by atoms with van der Waals surface area (Å²) in [6.45, 7) is 2.20. The number of ether oxygens (including phenoxy) is 1. The van der Waals surface area contributed by atoms with Gasteiger partial charge in [0.05, 0.1) is 12.2 Å². The summed E-state index contributed by atoms with van der Waals surface area (Å²) in [6.07, 6.45) is -4.13. The Morgan fingerprint density at radius 3 is 2.84 bits per heavy atom. The zero-order valence-corrected chi connectivity index (χ0v) is 13.8. The van der Waals surface area contributed by atoms with Gasteiger partial charge in [-0.3, -0.25) is 4.79 Å². The molecule has 2 rings (SSSR count). The quantitative estimate of drug-likeness (QED) is 0.825. The fourth-order valence-electron chi connectivity index (χ4n) is 2.17. The number of hydrogen-bond donors (Lipinski definition) is 1. The van der Waals surface area contributed by atoms with Crippen molar-refractivity contribution in [2.24, 2.45) is 0 Å². The Morgan fingerprint density at radius 1 is 1.40 bits per heavy atom. The van der Waals surface area contributed by atoms with E-state index in [2.05, 4.69) is 15.5 Å². The van der Waals surface area contributed by atoms with Crippen molar-refractivity contribution in [1.29, 1.82) is 0 Å². The smallest absolute Gasteiger partial charge is 0.383 e. The molecule has 1 aromatic carbocycles. The molecule has 0 saturated carbocycles. The van der Waals surface area contributed by atoms with E-state index in [1.165, 1.54) is 19.2 Å². The summed E-state index contributed by atoms with van der Waals surface area (Å²) in [7, 11) is 1.54. The van der Waals surface area contributed by atoms with Gasteiger partial charge in [-0.1, -0.05) is 17.3 Å². The summed E-state index contributed by atoms with van der Waals surface area (Å²) in [5.74, 6) is 0.0274. The monoisotopic (exact) mass is 357 g/mol. The number of hydrogen-bond acceptors (Lipinski definition) is 5. The standard InChI is InChI=1S/C16H18F3N3O3/c1-10(9-24-2)20-13(23)6-7-14-21-15(22-25-14)11-4-3-5-12(8-11)16(17,18)19/h3-5,8,10H,6-7,9H2,1-2H3,(H,20,23)/t10-/m0/s1. The van der Waals surface area contributed by atoms with Crippen molar-refractivity contribution < 1.29 is 27.2 Å². The van der Waals surface area contributed by atoms with Crippen LogP contribution in [0.1, 0.15) is 24.8 Å². The molecule has 0 radical (unpaired) electrons. The Bertz CT molecular complexity index is 716. The lowest BCUT2D eigenvalue weighted by Crippen LogP contribution is -2.35. The number of methoxy groups -OCH3 is 1. The number of benzene rings is 1. The Kier molecular flexibility index (Phi) is 6.13. The maximum atomic E-state index is 12.7. The number of carbonyl (C=O) groups excluding carboxylic acids is 1. The fourth-order valence-corrected chi connectivity index (χ4v) is 2.17. The molecule has 1 N–H and O–H groups in total. The Morgan fingerprint density at radius 2 is 2.16 bits per heavy atom. The molecule has 0 fully saturated rings. The van der Waals surface area contributed by atoms with Gasteiger partial charge in [0.1, 0.15) is 0 Å². The van der Waals surface area contributed by atoms with Crippen LogP contribution in [0, 0.1) is 0 Å².